The van der Waals surface area contributed by atoms with Gasteiger partial charge in [-0.3, -0.25) is 0 Å². The van der Waals surface area contributed by atoms with E-state index in [1.807, 2.05) is 6.07 Å². The molecule has 0 aliphatic heterocycles. The van der Waals surface area contributed by atoms with Gasteiger partial charge in [0, 0.05) is 5.56 Å². The maximum atomic E-state index is 11.3. The van der Waals surface area contributed by atoms with E-state index < -0.39 is 5.97 Å². The molecule has 1 aromatic carbocycles. The molecular weight excluding hydrogens is 268 g/mol. The maximum absolute atomic E-state index is 11.3. The molecule has 2 aromatic heterocycles. The number of fused-ring (bicyclic) bond motifs is 1. The second-order valence-corrected chi connectivity index (χ2v) is 4.53. The van der Waals surface area contributed by atoms with Crippen molar-refractivity contribution >= 4 is 11.6 Å². The van der Waals surface area contributed by atoms with Crippen LogP contribution in [0.2, 0.25) is 0 Å². The third kappa shape index (κ3) is 2.11. The van der Waals surface area contributed by atoms with Crippen molar-refractivity contribution in [3.05, 3.63) is 53.3 Å². The zero-order valence-electron chi connectivity index (χ0n) is 11.1. The largest absolute Gasteiger partial charge is 0.476 e. The van der Waals surface area contributed by atoms with Crippen LogP contribution in [0.4, 0.5) is 0 Å². The lowest BCUT2D eigenvalue weighted by Gasteiger charge is -2.03. The number of nitrogens with zero attached hydrogens (tertiary/aromatic N) is 4. The zero-order chi connectivity index (χ0) is 15.0. The van der Waals surface area contributed by atoms with E-state index in [2.05, 4.69) is 16.2 Å². The molecule has 0 unspecified atom stereocenters. The molecule has 0 saturated heterocycles. The van der Waals surface area contributed by atoms with Gasteiger partial charge in [0.1, 0.15) is 0 Å². The Morgan fingerprint density at radius 2 is 2.14 bits per heavy atom. The number of aromatic carboxylic acids is 1. The summed E-state index contributed by atoms with van der Waals surface area (Å²) in [4.78, 5) is 15.5. The van der Waals surface area contributed by atoms with Gasteiger partial charge in [0.25, 0.3) is 0 Å². The summed E-state index contributed by atoms with van der Waals surface area (Å²) in [7, 11) is 0. The first-order valence-electron chi connectivity index (χ1n) is 6.20. The molecule has 21 heavy (non-hydrogen) atoms. The van der Waals surface area contributed by atoms with Crippen LogP contribution in [0.3, 0.4) is 0 Å². The van der Waals surface area contributed by atoms with E-state index in [9.17, 15) is 9.90 Å². The van der Waals surface area contributed by atoms with E-state index in [1.54, 1.807) is 37.3 Å². The van der Waals surface area contributed by atoms with E-state index in [4.69, 9.17) is 5.26 Å². The fourth-order valence-corrected chi connectivity index (χ4v) is 2.19. The van der Waals surface area contributed by atoms with Crippen LogP contribution in [0.5, 0.6) is 0 Å². The van der Waals surface area contributed by atoms with E-state index in [0.29, 0.717) is 22.6 Å². The number of aryl methyl sites for hydroxylation is 1. The Kier molecular flexibility index (Phi) is 2.88. The first-order chi connectivity index (χ1) is 10.1. The molecule has 6 nitrogen and oxygen atoms in total. The Balaban J connectivity index is 2.23. The Bertz CT molecular complexity index is 906. The summed E-state index contributed by atoms with van der Waals surface area (Å²) in [6.07, 6.45) is 0. The highest BCUT2D eigenvalue weighted by atomic mass is 16.4. The Morgan fingerprint density at radius 1 is 1.33 bits per heavy atom. The predicted octanol–water partition coefficient (Wildman–Crippen LogP) is 2.27. The standard InChI is InChI=1S/C15H10N4O2/c1-9-14(15(20)21)19-13(17-9)6-5-12(18-19)11-4-2-3-10(7-11)8-16/h2-7H,1H3,(H,20,21). The van der Waals surface area contributed by atoms with Crippen LogP contribution in [0.15, 0.2) is 36.4 Å². The minimum absolute atomic E-state index is 0.0447. The highest BCUT2D eigenvalue weighted by Crippen LogP contribution is 2.20. The number of benzene rings is 1. The first kappa shape index (κ1) is 12.8. The van der Waals surface area contributed by atoms with Gasteiger partial charge in [0.05, 0.1) is 23.0 Å². The lowest BCUT2D eigenvalue weighted by molar-refractivity contribution is 0.0687. The second-order valence-electron chi connectivity index (χ2n) is 4.53. The number of imidazole rings is 1. The summed E-state index contributed by atoms with van der Waals surface area (Å²) >= 11 is 0. The maximum Gasteiger partial charge on any atom is 0.356 e. The number of nitriles is 1. The molecule has 0 saturated carbocycles. The van der Waals surface area contributed by atoms with Gasteiger partial charge in [-0.05, 0) is 31.2 Å². The Morgan fingerprint density at radius 3 is 2.86 bits per heavy atom. The van der Waals surface area contributed by atoms with Gasteiger partial charge >= 0.3 is 5.97 Å². The topological polar surface area (TPSA) is 91.3 Å². The fourth-order valence-electron chi connectivity index (χ4n) is 2.19. The van der Waals surface area contributed by atoms with E-state index in [0.717, 1.165) is 5.56 Å². The Hall–Kier alpha value is -3.20. The summed E-state index contributed by atoms with van der Waals surface area (Å²) in [5.41, 5.74) is 2.79. The van der Waals surface area contributed by atoms with Crippen molar-refractivity contribution in [2.24, 2.45) is 0 Å². The highest BCUT2D eigenvalue weighted by molar-refractivity contribution is 5.88. The number of hydrogen-bond acceptors (Lipinski definition) is 4. The van der Waals surface area contributed by atoms with Crippen LogP contribution in [0.25, 0.3) is 16.9 Å². The quantitative estimate of drug-likeness (QED) is 0.776. The molecule has 0 aliphatic rings. The average molecular weight is 278 g/mol. The highest BCUT2D eigenvalue weighted by Gasteiger charge is 2.17. The number of hydrogen-bond donors (Lipinski definition) is 1. The number of carbonyl (C=O) groups is 1. The normalized spacial score (nSPS) is 10.5. The third-order valence-electron chi connectivity index (χ3n) is 3.14. The molecule has 0 radical (unpaired) electrons. The Labute approximate surface area is 119 Å². The SMILES string of the molecule is Cc1nc2ccc(-c3cccc(C#N)c3)nn2c1C(=O)O. The van der Waals surface area contributed by atoms with Crippen molar-refractivity contribution in [3.63, 3.8) is 0 Å². The van der Waals surface area contributed by atoms with E-state index >= 15 is 0 Å². The third-order valence-corrected chi connectivity index (χ3v) is 3.14. The molecule has 2 heterocycles. The van der Waals surface area contributed by atoms with Crippen molar-refractivity contribution in [1.29, 1.82) is 5.26 Å². The molecule has 0 spiro atoms. The van der Waals surface area contributed by atoms with E-state index in [1.165, 1.54) is 4.52 Å². The molecule has 0 bridgehead atoms. The van der Waals surface area contributed by atoms with Crippen molar-refractivity contribution < 1.29 is 9.90 Å². The van der Waals surface area contributed by atoms with Gasteiger partial charge < -0.3 is 5.11 Å². The summed E-state index contributed by atoms with van der Waals surface area (Å²) < 4.78 is 1.31. The smallest absolute Gasteiger partial charge is 0.356 e. The lowest BCUT2D eigenvalue weighted by atomic mass is 10.1. The van der Waals surface area contributed by atoms with Crippen LogP contribution < -0.4 is 0 Å². The zero-order valence-corrected chi connectivity index (χ0v) is 11.1. The monoisotopic (exact) mass is 278 g/mol. The molecule has 0 atom stereocenters. The number of carboxylic acids is 1. The van der Waals surface area contributed by atoms with Gasteiger partial charge in [0.15, 0.2) is 11.3 Å². The molecule has 1 N–H and O–H groups in total. The molecule has 0 fully saturated rings. The summed E-state index contributed by atoms with van der Waals surface area (Å²) in [5, 5.41) is 22.5. The number of rotatable bonds is 2. The van der Waals surface area contributed by atoms with Crippen LogP contribution in [0.1, 0.15) is 21.7 Å². The number of aromatic nitrogens is 3. The van der Waals surface area contributed by atoms with Gasteiger partial charge in [-0.25, -0.2) is 14.3 Å². The average Bonchev–Trinajstić information content (AvgIpc) is 2.82. The van der Waals surface area contributed by atoms with Crippen LogP contribution in [-0.2, 0) is 0 Å². The van der Waals surface area contributed by atoms with Crippen molar-refractivity contribution in [1.82, 2.24) is 14.6 Å². The predicted molar refractivity (Wildman–Crippen MR) is 74.8 cm³/mol. The van der Waals surface area contributed by atoms with Crippen LogP contribution in [-0.4, -0.2) is 25.7 Å². The van der Waals surface area contributed by atoms with Gasteiger partial charge in [-0.2, -0.15) is 10.4 Å². The fraction of sp³-hybridized carbons (Fsp3) is 0.0667. The summed E-state index contributed by atoms with van der Waals surface area (Å²) in [6.45, 7) is 1.63. The van der Waals surface area contributed by atoms with Gasteiger partial charge in [-0.15, -0.1) is 0 Å². The van der Waals surface area contributed by atoms with Gasteiger partial charge in [-0.1, -0.05) is 12.1 Å². The van der Waals surface area contributed by atoms with Gasteiger partial charge in [0.2, 0.25) is 0 Å². The molecule has 3 aromatic rings. The minimum atomic E-state index is -1.07. The summed E-state index contributed by atoms with van der Waals surface area (Å²) in [6, 6.07) is 12.5. The van der Waals surface area contributed by atoms with Crippen molar-refractivity contribution in [2.45, 2.75) is 6.92 Å². The lowest BCUT2D eigenvalue weighted by Crippen LogP contribution is -2.06. The molecular formula is C15H10N4O2. The van der Waals surface area contributed by atoms with E-state index in [-0.39, 0.29) is 5.69 Å². The van der Waals surface area contributed by atoms with Crippen LogP contribution >= 0.6 is 0 Å². The molecule has 0 amide bonds. The molecule has 3 rings (SSSR count). The minimum Gasteiger partial charge on any atom is -0.476 e. The summed E-state index contributed by atoms with van der Waals surface area (Å²) in [5.74, 6) is -1.07. The second kappa shape index (κ2) is 4.72. The van der Waals surface area contributed by atoms with Crippen LogP contribution in [0, 0.1) is 18.3 Å². The molecule has 0 aliphatic carbocycles. The first-order valence-corrected chi connectivity index (χ1v) is 6.20. The number of carboxylic acid groups (broad SMARTS) is 1. The van der Waals surface area contributed by atoms with Crippen molar-refractivity contribution in [3.8, 4) is 17.3 Å². The van der Waals surface area contributed by atoms with Crippen molar-refractivity contribution in [2.75, 3.05) is 0 Å². The molecule has 6 heteroatoms. The molecule has 102 valence electrons.